The molecule has 1 aromatic carbocycles. The molecule has 1 rings (SSSR count). The minimum Gasteiger partial charge on any atom is -0.491 e. The molecule has 0 aromatic heterocycles. The number of hydrogen-bond donors (Lipinski definition) is 2. The molecule has 3 nitrogen and oxygen atoms in total. The first kappa shape index (κ1) is 8.87. The van der Waals surface area contributed by atoms with Gasteiger partial charge in [-0.05, 0) is 18.6 Å². The summed E-state index contributed by atoms with van der Waals surface area (Å²) in [5.74, 6) is 6.10. The van der Waals surface area contributed by atoms with Crippen molar-refractivity contribution in [2.45, 2.75) is 13.3 Å². The van der Waals surface area contributed by atoms with E-state index in [1.807, 2.05) is 24.3 Å². The molecule has 0 aliphatic carbocycles. The first-order valence-corrected chi connectivity index (χ1v) is 4.07. The van der Waals surface area contributed by atoms with Crippen LogP contribution in [0.3, 0.4) is 0 Å². The van der Waals surface area contributed by atoms with Crippen molar-refractivity contribution in [3.63, 3.8) is 0 Å². The van der Waals surface area contributed by atoms with Crippen LogP contribution in [0.1, 0.15) is 13.3 Å². The van der Waals surface area contributed by atoms with Gasteiger partial charge in [-0.15, -0.1) is 0 Å². The van der Waals surface area contributed by atoms with Crippen LogP contribution in [-0.4, -0.2) is 6.61 Å². The highest BCUT2D eigenvalue weighted by molar-refractivity contribution is 5.55. The molecule has 0 saturated heterocycles. The lowest BCUT2D eigenvalue weighted by atomic mass is 10.3. The standard InChI is InChI=1S/C9H14N2O/c1-2-7-12-9-6-4-3-5-8(9)11-10/h3-6,11H,2,7,10H2,1H3. The average molecular weight is 166 g/mol. The van der Waals surface area contributed by atoms with E-state index in [9.17, 15) is 0 Å². The van der Waals surface area contributed by atoms with Gasteiger partial charge in [-0.3, -0.25) is 5.84 Å². The molecule has 3 N–H and O–H groups in total. The Morgan fingerprint density at radius 3 is 2.83 bits per heavy atom. The van der Waals surface area contributed by atoms with Crippen molar-refractivity contribution in [1.82, 2.24) is 0 Å². The number of para-hydroxylation sites is 2. The smallest absolute Gasteiger partial charge is 0.143 e. The normalized spacial score (nSPS) is 9.50. The second-order valence-corrected chi connectivity index (χ2v) is 2.49. The molecule has 66 valence electrons. The van der Waals surface area contributed by atoms with Gasteiger partial charge in [-0.2, -0.15) is 0 Å². The summed E-state index contributed by atoms with van der Waals surface area (Å²) in [4.78, 5) is 0. The molecule has 0 amide bonds. The maximum atomic E-state index is 5.43. The monoisotopic (exact) mass is 166 g/mol. The van der Waals surface area contributed by atoms with Crippen LogP contribution in [0.4, 0.5) is 5.69 Å². The van der Waals surface area contributed by atoms with Crippen LogP contribution in [0, 0.1) is 0 Å². The first-order chi connectivity index (χ1) is 5.88. The summed E-state index contributed by atoms with van der Waals surface area (Å²) >= 11 is 0. The third kappa shape index (κ3) is 2.13. The Balaban J connectivity index is 2.68. The predicted octanol–water partition coefficient (Wildman–Crippen LogP) is 1.76. The van der Waals surface area contributed by atoms with Crippen molar-refractivity contribution in [2.75, 3.05) is 12.0 Å². The summed E-state index contributed by atoms with van der Waals surface area (Å²) in [6.45, 7) is 2.79. The molecule has 0 fully saturated rings. The lowest BCUT2D eigenvalue weighted by molar-refractivity contribution is 0.319. The highest BCUT2D eigenvalue weighted by atomic mass is 16.5. The van der Waals surface area contributed by atoms with Gasteiger partial charge >= 0.3 is 0 Å². The van der Waals surface area contributed by atoms with E-state index in [0.29, 0.717) is 0 Å². The predicted molar refractivity (Wildman–Crippen MR) is 50.0 cm³/mol. The Labute approximate surface area is 72.5 Å². The molecular weight excluding hydrogens is 152 g/mol. The van der Waals surface area contributed by atoms with Gasteiger partial charge in [0.1, 0.15) is 5.75 Å². The zero-order chi connectivity index (χ0) is 8.81. The number of anilines is 1. The molecule has 0 aliphatic heterocycles. The summed E-state index contributed by atoms with van der Waals surface area (Å²) in [7, 11) is 0. The van der Waals surface area contributed by atoms with Gasteiger partial charge in [-0.1, -0.05) is 19.1 Å². The van der Waals surface area contributed by atoms with Crippen molar-refractivity contribution < 1.29 is 4.74 Å². The molecule has 0 spiro atoms. The maximum absolute atomic E-state index is 5.43. The number of nitrogens with one attached hydrogen (secondary N) is 1. The van der Waals surface area contributed by atoms with E-state index in [2.05, 4.69) is 12.3 Å². The zero-order valence-electron chi connectivity index (χ0n) is 7.21. The van der Waals surface area contributed by atoms with E-state index in [-0.39, 0.29) is 0 Å². The number of hydrazine groups is 1. The molecule has 0 saturated carbocycles. The van der Waals surface area contributed by atoms with Gasteiger partial charge < -0.3 is 10.2 Å². The summed E-state index contributed by atoms with van der Waals surface area (Å²) in [5, 5.41) is 0. The molecule has 0 aliphatic rings. The van der Waals surface area contributed by atoms with Gasteiger partial charge in [-0.25, -0.2) is 0 Å². The molecule has 0 radical (unpaired) electrons. The largest absolute Gasteiger partial charge is 0.491 e. The SMILES string of the molecule is CCCOc1ccccc1NN. The van der Waals surface area contributed by atoms with E-state index in [0.717, 1.165) is 24.5 Å². The number of rotatable bonds is 4. The molecule has 1 aromatic rings. The summed E-state index contributed by atoms with van der Waals surface area (Å²) in [6.07, 6.45) is 0.999. The number of nitrogen functional groups attached to an aromatic ring is 1. The fraction of sp³-hybridized carbons (Fsp3) is 0.333. The summed E-state index contributed by atoms with van der Waals surface area (Å²) < 4.78 is 5.43. The fourth-order valence-electron chi connectivity index (χ4n) is 0.924. The van der Waals surface area contributed by atoms with Crippen molar-refractivity contribution in [3.05, 3.63) is 24.3 Å². The Kier molecular flexibility index (Phi) is 3.41. The van der Waals surface area contributed by atoms with E-state index in [1.165, 1.54) is 0 Å². The Morgan fingerprint density at radius 2 is 2.17 bits per heavy atom. The van der Waals surface area contributed by atoms with Crippen LogP contribution in [0.25, 0.3) is 0 Å². The van der Waals surface area contributed by atoms with E-state index < -0.39 is 0 Å². The van der Waals surface area contributed by atoms with Crippen LogP contribution in [-0.2, 0) is 0 Å². The second kappa shape index (κ2) is 4.62. The highest BCUT2D eigenvalue weighted by Crippen LogP contribution is 2.22. The molecule has 12 heavy (non-hydrogen) atoms. The minimum atomic E-state index is 0.721. The maximum Gasteiger partial charge on any atom is 0.143 e. The Hall–Kier alpha value is -1.22. The third-order valence-corrected chi connectivity index (χ3v) is 1.50. The van der Waals surface area contributed by atoms with E-state index in [4.69, 9.17) is 10.6 Å². The van der Waals surface area contributed by atoms with Gasteiger partial charge in [0.25, 0.3) is 0 Å². The Bertz CT molecular complexity index is 238. The first-order valence-electron chi connectivity index (χ1n) is 4.07. The zero-order valence-corrected chi connectivity index (χ0v) is 7.21. The van der Waals surface area contributed by atoms with Gasteiger partial charge in [0.2, 0.25) is 0 Å². The van der Waals surface area contributed by atoms with Gasteiger partial charge in [0.05, 0.1) is 12.3 Å². The van der Waals surface area contributed by atoms with Crippen molar-refractivity contribution in [2.24, 2.45) is 5.84 Å². The molecule has 0 atom stereocenters. The topological polar surface area (TPSA) is 47.3 Å². The van der Waals surface area contributed by atoms with E-state index in [1.54, 1.807) is 0 Å². The Morgan fingerprint density at radius 1 is 1.42 bits per heavy atom. The van der Waals surface area contributed by atoms with Crippen LogP contribution >= 0.6 is 0 Å². The number of benzene rings is 1. The quantitative estimate of drug-likeness (QED) is 0.529. The third-order valence-electron chi connectivity index (χ3n) is 1.50. The lowest BCUT2D eigenvalue weighted by Crippen LogP contribution is -2.08. The van der Waals surface area contributed by atoms with Gasteiger partial charge in [0.15, 0.2) is 0 Å². The number of hydrogen-bond acceptors (Lipinski definition) is 3. The molecule has 0 heterocycles. The summed E-state index contributed by atoms with van der Waals surface area (Å²) in [5.41, 5.74) is 3.40. The van der Waals surface area contributed by atoms with Gasteiger partial charge in [0, 0.05) is 0 Å². The van der Waals surface area contributed by atoms with Crippen LogP contribution < -0.4 is 16.0 Å². The number of ether oxygens (including phenoxy) is 1. The van der Waals surface area contributed by atoms with Crippen molar-refractivity contribution in [3.8, 4) is 5.75 Å². The fourth-order valence-corrected chi connectivity index (χ4v) is 0.924. The minimum absolute atomic E-state index is 0.721. The highest BCUT2D eigenvalue weighted by Gasteiger charge is 1.98. The molecular formula is C9H14N2O. The summed E-state index contributed by atoms with van der Waals surface area (Å²) in [6, 6.07) is 7.61. The van der Waals surface area contributed by atoms with Crippen LogP contribution in [0.5, 0.6) is 5.75 Å². The van der Waals surface area contributed by atoms with Crippen molar-refractivity contribution in [1.29, 1.82) is 0 Å². The average Bonchev–Trinajstić information content (AvgIpc) is 2.15. The number of nitrogens with two attached hydrogens (primary N) is 1. The molecule has 3 heteroatoms. The second-order valence-electron chi connectivity index (χ2n) is 2.49. The molecule has 0 bridgehead atoms. The van der Waals surface area contributed by atoms with Crippen LogP contribution in [0.15, 0.2) is 24.3 Å². The van der Waals surface area contributed by atoms with E-state index >= 15 is 0 Å². The molecule has 0 unspecified atom stereocenters. The van der Waals surface area contributed by atoms with Crippen molar-refractivity contribution >= 4 is 5.69 Å². The lowest BCUT2D eigenvalue weighted by Gasteiger charge is -2.08. The van der Waals surface area contributed by atoms with Crippen LogP contribution in [0.2, 0.25) is 0 Å².